The molecule has 2 heterocycles. The molecule has 1 aliphatic rings. The first kappa shape index (κ1) is 21.9. The molecule has 0 radical (unpaired) electrons. The van der Waals surface area contributed by atoms with Crippen molar-refractivity contribution in [2.75, 3.05) is 0 Å². The Balaban J connectivity index is 1.69. The van der Waals surface area contributed by atoms with E-state index in [0.29, 0.717) is 5.02 Å². The lowest BCUT2D eigenvalue weighted by Gasteiger charge is -2.17. The summed E-state index contributed by atoms with van der Waals surface area (Å²) in [5.41, 5.74) is 7.62. The van der Waals surface area contributed by atoms with Crippen LogP contribution >= 0.6 is 11.6 Å². The Morgan fingerprint density at radius 3 is 2.44 bits per heavy atom. The van der Waals surface area contributed by atoms with Crippen molar-refractivity contribution < 1.29 is 9.59 Å². The van der Waals surface area contributed by atoms with Crippen molar-refractivity contribution in [3.63, 3.8) is 0 Å². The van der Waals surface area contributed by atoms with Gasteiger partial charge in [-0.25, -0.2) is 4.79 Å². The van der Waals surface area contributed by atoms with Crippen molar-refractivity contribution in [1.29, 1.82) is 0 Å². The van der Waals surface area contributed by atoms with Crippen LogP contribution in [0, 0.1) is 20.8 Å². The number of aryl methyl sites for hydroxylation is 3. The molecule has 1 aromatic heterocycles. The molecule has 0 aliphatic carbocycles. The predicted molar refractivity (Wildman–Crippen MR) is 128 cm³/mol. The molecule has 0 atom stereocenters. The molecule has 2 aromatic carbocycles. The van der Waals surface area contributed by atoms with E-state index in [1.165, 1.54) is 21.7 Å². The molecule has 3 amide bonds. The van der Waals surface area contributed by atoms with Gasteiger partial charge >= 0.3 is 6.03 Å². The highest BCUT2D eigenvalue weighted by atomic mass is 35.5. The van der Waals surface area contributed by atoms with Gasteiger partial charge in [-0.05, 0) is 67.7 Å². The molecule has 0 bridgehead atoms. The summed E-state index contributed by atoms with van der Waals surface area (Å²) < 4.78 is 2.23. The number of urea groups is 1. The van der Waals surface area contributed by atoms with E-state index in [0.717, 1.165) is 28.9 Å². The van der Waals surface area contributed by atoms with E-state index in [2.05, 4.69) is 48.9 Å². The lowest BCUT2D eigenvalue weighted by Crippen LogP contribution is -2.30. The number of carbonyl (C=O) groups is 2. The zero-order valence-corrected chi connectivity index (χ0v) is 19.5. The lowest BCUT2D eigenvalue weighted by molar-refractivity contribution is -0.123. The first-order valence-electron chi connectivity index (χ1n) is 10.7. The van der Waals surface area contributed by atoms with E-state index < -0.39 is 6.03 Å². The summed E-state index contributed by atoms with van der Waals surface area (Å²) in [6, 6.07) is 15.1. The summed E-state index contributed by atoms with van der Waals surface area (Å²) in [6.07, 6.45) is 2.69. The first-order valence-corrected chi connectivity index (χ1v) is 11.0. The van der Waals surface area contributed by atoms with E-state index >= 15 is 0 Å². The number of para-hydroxylation sites is 1. The Hall–Kier alpha value is -3.31. The fourth-order valence-corrected chi connectivity index (χ4v) is 4.47. The molecule has 1 fully saturated rings. The molecular weight excluding hydrogens is 422 g/mol. The maximum absolute atomic E-state index is 13.0. The number of carbonyl (C=O) groups excluding carboxylic acids is 2. The third-order valence-corrected chi connectivity index (χ3v) is 6.31. The zero-order chi connectivity index (χ0) is 23.0. The highest BCUT2D eigenvalue weighted by Gasteiger charge is 2.34. The second kappa shape index (κ2) is 8.67. The van der Waals surface area contributed by atoms with E-state index in [1.54, 1.807) is 12.1 Å². The van der Waals surface area contributed by atoms with Crippen LogP contribution in [0.25, 0.3) is 11.8 Å². The zero-order valence-electron chi connectivity index (χ0n) is 18.7. The van der Waals surface area contributed by atoms with Crippen molar-refractivity contribution in [2.45, 2.75) is 40.7 Å². The fourth-order valence-electron chi connectivity index (χ4n) is 4.27. The number of nitrogens with zero attached hydrogens (tertiary/aromatic N) is 2. The number of hydrogen-bond donors (Lipinski definition) is 1. The number of hydrogen-bond acceptors (Lipinski definition) is 2. The number of amides is 3. The molecule has 4 rings (SSSR count). The Morgan fingerprint density at radius 1 is 1.00 bits per heavy atom. The average Bonchev–Trinajstić information content (AvgIpc) is 3.19. The first-order chi connectivity index (χ1) is 15.3. The maximum Gasteiger partial charge on any atom is 0.329 e. The fraction of sp³-hybridized carbons (Fsp3) is 0.231. The van der Waals surface area contributed by atoms with Gasteiger partial charge in [-0.1, -0.05) is 54.9 Å². The number of halogens is 1. The van der Waals surface area contributed by atoms with Gasteiger partial charge in [0, 0.05) is 16.4 Å². The molecule has 6 heteroatoms. The van der Waals surface area contributed by atoms with Gasteiger partial charge in [0.05, 0.1) is 12.2 Å². The smallest absolute Gasteiger partial charge is 0.317 e. The lowest BCUT2D eigenvalue weighted by atomic mass is 10.1. The van der Waals surface area contributed by atoms with Crippen LogP contribution in [0.3, 0.4) is 0 Å². The summed E-state index contributed by atoms with van der Waals surface area (Å²) in [7, 11) is 0. The van der Waals surface area contributed by atoms with Crippen LogP contribution in [0.5, 0.6) is 0 Å². The molecule has 0 unspecified atom stereocenters. The largest absolute Gasteiger partial charge is 0.329 e. The second-order valence-electron chi connectivity index (χ2n) is 8.07. The topological polar surface area (TPSA) is 54.3 Å². The molecule has 164 valence electrons. The number of rotatable bonds is 5. The Labute approximate surface area is 193 Å². The molecule has 1 N–H and O–H groups in total. The normalized spacial score (nSPS) is 15.0. The Kier molecular flexibility index (Phi) is 5.94. The van der Waals surface area contributed by atoms with Gasteiger partial charge in [0.1, 0.15) is 5.70 Å². The highest BCUT2D eigenvalue weighted by Crippen LogP contribution is 2.29. The number of imide groups is 1. The Bertz CT molecular complexity index is 1260. The highest BCUT2D eigenvalue weighted by molar-refractivity contribution is 6.31. The number of aromatic nitrogens is 1. The third-order valence-electron chi connectivity index (χ3n) is 5.94. The van der Waals surface area contributed by atoms with Crippen LogP contribution in [0.2, 0.25) is 5.02 Å². The van der Waals surface area contributed by atoms with Gasteiger partial charge in [-0.3, -0.25) is 9.69 Å². The molecule has 0 saturated carbocycles. The minimum Gasteiger partial charge on any atom is -0.317 e. The van der Waals surface area contributed by atoms with E-state index in [9.17, 15) is 9.59 Å². The Morgan fingerprint density at radius 2 is 1.72 bits per heavy atom. The number of benzene rings is 2. The summed E-state index contributed by atoms with van der Waals surface area (Å²) in [5.74, 6) is -0.357. The van der Waals surface area contributed by atoms with Gasteiger partial charge in [0.2, 0.25) is 0 Å². The second-order valence-corrected chi connectivity index (χ2v) is 8.48. The van der Waals surface area contributed by atoms with Crippen LogP contribution in [0.1, 0.15) is 40.6 Å². The van der Waals surface area contributed by atoms with Gasteiger partial charge in [-0.15, -0.1) is 0 Å². The van der Waals surface area contributed by atoms with Gasteiger partial charge in [-0.2, -0.15) is 0 Å². The van der Waals surface area contributed by atoms with Gasteiger partial charge < -0.3 is 9.88 Å². The summed E-state index contributed by atoms with van der Waals surface area (Å²) in [4.78, 5) is 26.7. The summed E-state index contributed by atoms with van der Waals surface area (Å²) in [5, 5.41) is 3.24. The van der Waals surface area contributed by atoms with Gasteiger partial charge in [0.15, 0.2) is 0 Å². The van der Waals surface area contributed by atoms with Crippen molar-refractivity contribution in [3.8, 4) is 5.69 Å². The van der Waals surface area contributed by atoms with E-state index in [-0.39, 0.29) is 18.1 Å². The van der Waals surface area contributed by atoms with Crippen LogP contribution in [0.4, 0.5) is 4.79 Å². The molecule has 1 aliphatic heterocycles. The molecule has 5 nitrogen and oxygen atoms in total. The molecule has 32 heavy (non-hydrogen) atoms. The van der Waals surface area contributed by atoms with Crippen LogP contribution in [0.15, 0.2) is 54.2 Å². The SMILES string of the molecule is CCc1cccc(C)c1-n1c(C)cc(/C=C2\NC(=O)N(Cc3ccccc3Cl)C2=O)c1C. The average molecular weight is 448 g/mol. The van der Waals surface area contributed by atoms with Gasteiger partial charge in [0.25, 0.3) is 5.91 Å². The van der Waals surface area contributed by atoms with Crippen LogP contribution in [-0.4, -0.2) is 21.4 Å². The van der Waals surface area contributed by atoms with Crippen molar-refractivity contribution in [3.05, 3.63) is 92.9 Å². The molecule has 1 saturated heterocycles. The minimum atomic E-state index is -0.442. The van der Waals surface area contributed by atoms with E-state index in [1.807, 2.05) is 31.2 Å². The van der Waals surface area contributed by atoms with Crippen LogP contribution < -0.4 is 5.32 Å². The van der Waals surface area contributed by atoms with Crippen molar-refractivity contribution >= 4 is 29.6 Å². The summed E-state index contributed by atoms with van der Waals surface area (Å²) >= 11 is 6.21. The standard InChI is InChI=1S/C26H26ClN3O2/c1-5-19-11-8-9-16(2)24(19)30-17(3)13-21(18(30)4)14-23-25(31)29(26(32)28-23)15-20-10-6-7-12-22(20)27/h6-14H,5,15H2,1-4H3,(H,28,32)/b23-14-. The molecule has 0 spiro atoms. The quantitative estimate of drug-likeness (QED) is 0.402. The van der Waals surface area contributed by atoms with Crippen molar-refractivity contribution in [2.24, 2.45) is 0 Å². The minimum absolute atomic E-state index is 0.129. The van der Waals surface area contributed by atoms with Crippen molar-refractivity contribution in [1.82, 2.24) is 14.8 Å². The number of nitrogens with one attached hydrogen (secondary N) is 1. The monoisotopic (exact) mass is 447 g/mol. The maximum atomic E-state index is 13.0. The van der Waals surface area contributed by atoms with Crippen LogP contribution in [-0.2, 0) is 17.8 Å². The predicted octanol–water partition coefficient (Wildman–Crippen LogP) is 5.71. The molecule has 3 aromatic rings. The summed E-state index contributed by atoms with van der Waals surface area (Å²) in [6.45, 7) is 8.48. The molecular formula is C26H26ClN3O2. The van der Waals surface area contributed by atoms with E-state index in [4.69, 9.17) is 11.6 Å². The third kappa shape index (κ3) is 3.84.